The topological polar surface area (TPSA) is 97.3 Å². The summed E-state index contributed by atoms with van der Waals surface area (Å²) in [6.07, 6.45) is 6.97. The second-order valence-electron chi connectivity index (χ2n) is 6.75. The van der Waals surface area contributed by atoms with Crippen LogP contribution < -0.4 is 4.90 Å². The molecule has 2 aromatic heterocycles. The zero-order chi connectivity index (χ0) is 18.8. The Bertz CT molecular complexity index is 963. The van der Waals surface area contributed by atoms with Crippen molar-refractivity contribution in [2.24, 2.45) is 0 Å². The van der Waals surface area contributed by atoms with Crippen LogP contribution in [-0.2, 0) is 6.54 Å². The molecule has 1 aromatic carbocycles. The number of piperidine rings is 1. The molecule has 3 aromatic rings. The molecule has 0 unspecified atom stereocenters. The van der Waals surface area contributed by atoms with Crippen LogP contribution in [0.4, 0.5) is 11.4 Å². The number of aliphatic hydroxyl groups is 1. The van der Waals surface area contributed by atoms with E-state index in [2.05, 4.69) is 15.0 Å². The van der Waals surface area contributed by atoms with Gasteiger partial charge >= 0.3 is 0 Å². The van der Waals surface area contributed by atoms with Crippen molar-refractivity contribution in [1.82, 2.24) is 14.8 Å². The molecule has 3 heterocycles. The van der Waals surface area contributed by atoms with E-state index in [1.54, 1.807) is 24.7 Å². The molecule has 1 aliphatic rings. The average Bonchev–Trinajstić information content (AvgIpc) is 3.16. The van der Waals surface area contributed by atoms with Crippen molar-refractivity contribution in [1.29, 1.82) is 0 Å². The van der Waals surface area contributed by atoms with E-state index in [9.17, 15) is 15.2 Å². The molecule has 1 aliphatic heterocycles. The van der Waals surface area contributed by atoms with Crippen LogP contribution in [0.5, 0.6) is 0 Å². The fourth-order valence-electron chi connectivity index (χ4n) is 3.98. The highest BCUT2D eigenvalue weighted by molar-refractivity contribution is 5.99. The van der Waals surface area contributed by atoms with Crippen LogP contribution in [-0.4, -0.2) is 44.5 Å². The molecule has 0 amide bonds. The van der Waals surface area contributed by atoms with Crippen LogP contribution in [0.1, 0.15) is 24.5 Å². The third kappa shape index (κ3) is 3.23. The first-order chi connectivity index (χ1) is 13.2. The van der Waals surface area contributed by atoms with Gasteiger partial charge in [-0.05, 0) is 31.0 Å². The summed E-state index contributed by atoms with van der Waals surface area (Å²) in [4.78, 5) is 17.3. The van der Waals surface area contributed by atoms with Gasteiger partial charge in [0.25, 0.3) is 5.69 Å². The molecule has 1 N–H and O–H groups in total. The van der Waals surface area contributed by atoms with Gasteiger partial charge in [-0.25, -0.2) is 0 Å². The maximum absolute atomic E-state index is 11.3. The lowest BCUT2D eigenvalue weighted by molar-refractivity contribution is -0.383. The van der Waals surface area contributed by atoms with Crippen molar-refractivity contribution in [3.05, 3.63) is 58.7 Å². The molecule has 0 aliphatic carbocycles. The van der Waals surface area contributed by atoms with Gasteiger partial charge in [0.2, 0.25) is 0 Å². The van der Waals surface area contributed by atoms with Crippen LogP contribution >= 0.6 is 0 Å². The SMILES string of the molecule is O=[N+]([O-])c1ccc(N2CCC(c3ccnn3CCO)CC2)c2ccncc12. The van der Waals surface area contributed by atoms with E-state index in [-0.39, 0.29) is 17.2 Å². The summed E-state index contributed by atoms with van der Waals surface area (Å²) in [5, 5.41) is 26.2. The predicted molar refractivity (Wildman–Crippen MR) is 102 cm³/mol. The molecule has 0 radical (unpaired) electrons. The minimum atomic E-state index is -0.359. The maximum atomic E-state index is 11.3. The first-order valence-electron chi connectivity index (χ1n) is 9.07. The number of nitrogens with zero attached hydrogens (tertiary/aromatic N) is 5. The number of hydrogen-bond acceptors (Lipinski definition) is 6. The normalized spacial score (nSPS) is 15.4. The summed E-state index contributed by atoms with van der Waals surface area (Å²) in [7, 11) is 0. The summed E-state index contributed by atoms with van der Waals surface area (Å²) in [6, 6.07) is 7.29. The molecule has 1 fully saturated rings. The number of benzene rings is 1. The number of pyridine rings is 1. The Morgan fingerprint density at radius 1 is 1.15 bits per heavy atom. The number of aliphatic hydroxyl groups excluding tert-OH is 1. The standard InChI is InChI=1S/C19H21N5O3/c25-12-11-23-17(4-8-21-23)14-5-9-22(10-6-14)18-1-2-19(24(26)27)16-13-20-7-3-15(16)18/h1-4,7-8,13-14,25H,5-6,9-12H2. The van der Waals surface area contributed by atoms with Gasteiger partial charge in [0, 0.05) is 60.4 Å². The van der Waals surface area contributed by atoms with Gasteiger partial charge in [-0.2, -0.15) is 5.10 Å². The van der Waals surface area contributed by atoms with E-state index >= 15 is 0 Å². The van der Waals surface area contributed by atoms with Crippen molar-refractivity contribution in [2.75, 3.05) is 24.6 Å². The number of rotatable bonds is 5. The van der Waals surface area contributed by atoms with E-state index in [1.807, 2.05) is 22.9 Å². The maximum Gasteiger partial charge on any atom is 0.278 e. The Morgan fingerprint density at radius 2 is 1.96 bits per heavy atom. The lowest BCUT2D eigenvalue weighted by atomic mass is 9.92. The molecule has 0 atom stereocenters. The fourth-order valence-corrected chi connectivity index (χ4v) is 3.98. The molecule has 0 spiro atoms. The van der Waals surface area contributed by atoms with Gasteiger partial charge in [-0.15, -0.1) is 0 Å². The van der Waals surface area contributed by atoms with Gasteiger partial charge in [0.15, 0.2) is 0 Å². The van der Waals surface area contributed by atoms with E-state index < -0.39 is 0 Å². The Balaban J connectivity index is 1.57. The molecule has 8 nitrogen and oxygen atoms in total. The molecular formula is C19H21N5O3. The Kier molecular flexibility index (Phi) is 4.72. The van der Waals surface area contributed by atoms with Crippen molar-refractivity contribution >= 4 is 22.1 Å². The number of nitro benzene ring substituents is 1. The highest BCUT2D eigenvalue weighted by Crippen LogP contribution is 2.36. The summed E-state index contributed by atoms with van der Waals surface area (Å²) >= 11 is 0. The van der Waals surface area contributed by atoms with Gasteiger partial charge in [0.1, 0.15) is 0 Å². The number of nitro groups is 1. The molecule has 0 bridgehead atoms. The molecular weight excluding hydrogens is 346 g/mol. The summed E-state index contributed by atoms with van der Waals surface area (Å²) in [5.41, 5.74) is 2.27. The summed E-state index contributed by atoms with van der Waals surface area (Å²) < 4.78 is 1.88. The molecule has 0 saturated carbocycles. The van der Waals surface area contributed by atoms with Gasteiger partial charge in [-0.1, -0.05) is 0 Å². The van der Waals surface area contributed by atoms with Crippen LogP contribution in [0.25, 0.3) is 10.8 Å². The monoisotopic (exact) mass is 367 g/mol. The van der Waals surface area contributed by atoms with Crippen LogP contribution in [0.15, 0.2) is 42.9 Å². The summed E-state index contributed by atoms with van der Waals surface area (Å²) in [6.45, 7) is 2.33. The van der Waals surface area contributed by atoms with Crippen molar-refractivity contribution in [2.45, 2.75) is 25.3 Å². The average molecular weight is 367 g/mol. The van der Waals surface area contributed by atoms with Crippen molar-refractivity contribution in [3.8, 4) is 0 Å². The molecule has 1 saturated heterocycles. The van der Waals surface area contributed by atoms with E-state index in [4.69, 9.17) is 0 Å². The minimum Gasteiger partial charge on any atom is -0.394 e. The van der Waals surface area contributed by atoms with Gasteiger partial charge in [-0.3, -0.25) is 19.8 Å². The number of fused-ring (bicyclic) bond motifs is 1. The second-order valence-corrected chi connectivity index (χ2v) is 6.75. The first-order valence-corrected chi connectivity index (χ1v) is 9.07. The van der Waals surface area contributed by atoms with Crippen LogP contribution in [0.3, 0.4) is 0 Å². The molecule has 8 heteroatoms. The quantitative estimate of drug-likeness (QED) is 0.550. The number of hydrogen-bond donors (Lipinski definition) is 1. The fraction of sp³-hybridized carbons (Fsp3) is 0.368. The van der Waals surface area contributed by atoms with Gasteiger partial charge in [0.05, 0.1) is 23.5 Å². The van der Waals surface area contributed by atoms with Crippen LogP contribution in [0.2, 0.25) is 0 Å². The van der Waals surface area contributed by atoms with Crippen molar-refractivity contribution in [3.63, 3.8) is 0 Å². The third-order valence-corrected chi connectivity index (χ3v) is 5.28. The zero-order valence-corrected chi connectivity index (χ0v) is 14.9. The Hall–Kier alpha value is -3.00. The predicted octanol–water partition coefficient (Wildman–Crippen LogP) is 2.72. The van der Waals surface area contributed by atoms with Gasteiger partial charge < -0.3 is 10.0 Å². The number of anilines is 1. The minimum absolute atomic E-state index is 0.0797. The molecule has 4 rings (SSSR count). The highest BCUT2D eigenvalue weighted by atomic mass is 16.6. The molecule has 27 heavy (non-hydrogen) atoms. The molecule has 140 valence electrons. The van der Waals surface area contributed by atoms with E-state index in [0.29, 0.717) is 17.8 Å². The summed E-state index contributed by atoms with van der Waals surface area (Å²) in [5.74, 6) is 0.404. The first kappa shape index (κ1) is 17.4. The van der Waals surface area contributed by atoms with Crippen molar-refractivity contribution < 1.29 is 10.0 Å². The second kappa shape index (κ2) is 7.32. The number of non-ortho nitro benzene ring substituents is 1. The van der Waals surface area contributed by atoms with E-state index in [0.717, 1.165) is 37.0 Å². The highest BCUT2D eigenvalue weighted by Gasteiger charge is 2.25. The smallest absolute Gasteiger partial charge is 0.278 e. The lowest BCUT2D eigenvalue weighted by Gasteiger charge is -2.34. The Morgan fingerprint density at radius 3 is 2.70 bits per heavy atom. The largest absolute Gasteiger partial charge is 0.394 e. The zero-order valence-electron chi connectivity index (χ0n) is 14.9. The van der Waals surface area contributed by atoms with E-state index in [1.165, 1.54) is 5.69 Å². The van der Waals surface area contributed by atoms with Crippen LogP contribution in [0, 0.1) is 10.1 Å². The number of aromatic nitrogens is 3. The third-order valence-electron chi connectivity index (χ3n) is 5.28. The lowest BCUT2D eigenvalue weighted by Crippen LogP contribution is -2.33. The Labute approximate surface area is 156 Å².